The fourth-order valence-corrected chi connectivity index (χ4v) is 9.53. The third kappa shape index (κ3) is 36.0. The smallest absolute Gasteiger partial charge is 0.306 e. The number of hydrogen-bond acceptors (Lipinski definition) is 7. The summed E-state index contributed by atoms with van der Waals surface area (Å²) in [4.78, 5) is 51.6. The van der Waals surface area contributed by atoms with Crippen LogP contribution >= 0.6 is 0 Å². The van der Waals surface area contributed by atoms with E-state index in [1.54, 1.807) is 0 Å². The molecule has 1 aliphatic heterocycles. The molecular weight excluding hydrogens is 807 g/mol. The molecule has 1 unspecified atom stereocenters. The summed E-state index contributed by atoms with van der Waals surface area (Å²) in [5.74, 6) is 0.639. The van der Waals surface area contributed by atoms with E-state index in [9.17, 15) is 14.4 Å². The Morgan fingerprint density at radius 1 is 0.400 bits per heavy atom. The molecule has 9 nitrogen and oxygen atoms in total. The van der Waals surface area contributed by atoms with Gasteiger partial charge >= 0.3 is 5.97 Å². The number of amides is 2. The molecule has 0 N–H and O–H groups in total. The van der Waals surface area contributed by atoms with E-state index in [-0.39, 0.29) is 17.8 Å². The van der Waals surface area contributed by atoms with Crippen LogP contribution in [0.25, 0.3) is 0 Å². The van der Waals surface area contributed by atoms with E-state index in [2.05, 4.69) is 56.2 Å². The van der Waals surface area contributed by atoms with Crippen molar-refractivity contribution in [3.05, 3.63) is 0 Å². The molecule has 384 valence electrons. The molecule has 1 heterocycles. The van der Waals surface area contributed by atoms with Crippen LogP contribution in [0.5, 0.6) is 0 Å². The number of hydrogen-bond donors (Lipinski definition) is 0. The summed E-state index contributed by atoms with van der Waals surface area (Å²) < 4.78 is 5.61. The zero-order valence-electron chi connectivity index (χ0n) is 44.5. The lowest BCUT2D eigenvalue weighted by atomic mass is 10.0. The number of esters is 1. The van der Waals surface area contributed by atoms with Crippen LogP contribution in [-0.2, 0) is 19.1 Å². The molecule has 1 saturated heterocycles. The van der Waals surface area contributed by atoms with Crippen LogP contribution in [0.4, 0.5) is 0 Å². The molecule has 0 saturated carbocycles. The van der Waals surface area contributed by atoms with Crippen molar-refractivity contribution in [3.63, 3.8) is 0 Å². The molecule has 2 amide bonds. The summed E-state index contributed by atoms with van der Waals surface area (Å²) in [7, 11) is 0. The van der Waals surface area contributed by atoms with E-state index < -0.39 is 0 Å². The highest BCUT2D eigenvalue weighted by molar-refractivity contribution is 5.80. The van der Waals surface area contributed by atoms with Crippen molar-refractivity contribution in [1.82, 2.24) is 24.5 Å². The molecule has 0 bridgehead atoms. The highest BCUT2D eigenvalue weighted by Gasteiger charge is 2.26. The molecule has 0 aliphatic carbocycles. The van der Waals surface area contributed by atoms with Crippen LogP contribution in [0.15, 0.2) is 0 Å². The minimum atomic E-state index is -0.103. The van der Waals surface area contributed by atoms with Crippen molar-refractivity contribution in [2.45, 2.75) is 247 Å². The molecule has 0 radical (unpaired) electrons. The van der Waals surface area contributed by atoms with Crippen LogP contribution < -0.4 is 0 Å². The largest absolute Gasteiger partial charge is 0.466 e. The third-order valence-electron chi connectivity index (χ3n) is 13.9. The van der Waals surface area contributed by atoms with E-state index in [1.165, 1.54) is 180 Å². The minimum absolute atomic E-state index is 0.103. The van der Waals surface area contributed by atoms with E-state index in [4.69, 9.17) is 4.74 Å². The number of carbonyl (C=O) groups is 3. The lowest BCUT2D eigenvalue weighted by Crippen LogP contribution is -2.54. The van der Waals surface area contributed by atoms with Gasteiger partial charge in [0.2, 0.25) is 11.8 Å². The standard InChI is InChI=1S/C56H111N5O4/c1-7-12-16-20-24-28-32-38-57(39-33-29-25-21-17-13-8-2)43-44-59(41-35-31-27-23-19-15-10-4)52-55(63)61-47-45-60(46-48-61)54(62)51-58(40-34-30-26-22-18-14-9-3)42-36-49-65-56(64)50-53(6)37-11-5/h53H,7-52H2,1-6H3. The zero-order valence-corrected chi connectivity index (χ0v) is 44.5. The normalized spacial score (nSPS) is 13.7. The fourth-order valence-electron chi connectivity index (χ4n) is 9.53. The van der Waals surface area contributed by atoms with E-state index in [0.717, 1.165) is 64.8 Å². The minimum Gasteiger partial charge on any atom is -0.466 e. The first kappa shape index (κ1) is 61.3. The molecule has 1 aliphatic rings. The average molecular weight is 919 g/mol. The first-order valence-corrected chi connectivity index (χ1v) is 28.7. The van der Waals surface area contributed by atoms with E-state index in [0.29, 0.717) is 58.2 Å². The SMILES string of the molecule is CCCCCCCCCN(CCCCCCCCC)CCN(CCCCCCCCC)CC(=O)N1CCN(C(=O)CN(CCCCCCCCC)CCCOC(=O)CC(C)CCC)CC1. The summed E-state index contributed by atoms with van der Waals surface area (Å²) in [5.41, 5.74) is 0. The van der Waals surface area contributed by atoms with Gasteiger partial charge in [0.25, 0.3) is 0 Å². The lowest BCUT2D eigenvalue weighted by molar-refractivity contribution is -0.145. The second-order valence-corrected chi connectivity index (χ2v) is 20.3. The first-order valence-electron chi connectivity index (χ1n) is 28.7. The zero-order chi connectivity index (χ0) is 47.4. The topological polar surface area (TPSA) is 76.6 Å². The predicted octanol–water partition coefficient (Wildman–Crippen LogP) is 13.3. The molecule has 1 atom stereocenters. The van der Waals surface area contributed by atoms with Gasteiger partial charge in [-0.1, -0.05) is 208 Å². The van der Waals surface area contributed by atoms with Crippen molar-refractivity contribution in [3.8, 4) is 0 Å². The van der Waals surface area contributed by atoms with Gasteiger partial charge in [-0.25, -0.2) is 0 Å². The molecule has 0 aromatic carbocycles. The molecule has 0 aromatic heterocycles. The van der Waals surface area contributed by atoms with Gasteiger partial charge < -0.3 is 19.4 Å². The third-order valence-corrected chi connectivity index (χ3v) is 13.9. The first-order chi connectivity index (χ1) is 31.8. The van der Waals surface area contributed by atoms with Crippen LogP contribution in [0.3, 0.4) is 0 Å². The predicted molar refractivity (Wildman–Crippen MR) is 279 cm³/mol. The Morgan fingerprint density at radius 3 is 1.08 bits per heavy atom. The van der Waals surface area contributed by atoms with Gasteiger partial charge in [-0.2, -0.15) is 0 Å². The summed E-state index contributed by atoms with van der Waals surface area (Å²) in [5, 5.41) is 0. The number of piperazine rings is 1. The van der Waals surface area contributed by atoms with Crippen molar-refractivity contribution in [2.24, 2.45) is 5.92 Å². The monoisotopic (exact) mass is 918 g/mol. The van der Waals surface area contributed by atoms with Crippen LogP contribution in [0, 0.1) is 5.92 Å². The van der Waals surface area contributed by atoms with Crippen molar-refractivity contribution >= 4 is 17.8 Å². The quantitative estimate of drug-likeness (QED) is 0.0444. The fraction of sp³-hybridized carbons (Fsp3) is 0.946. The maximum atomic E-state index is 14.0. The second-order valence-electron chi connectivity index (χ2n) is 20.3. The van der Waals surface area contributed by atoms with Crippen molar-refractivity contribution in [1.29, 1.82) is 0 Å². The van der Waals surface area contributed by atoms with Gasteiger partial charge in [0.15, 0.2) is 0 Å². The second kappa shape index (κ2) is 44.8. The summed E-state index contributed by atoms with van der Waals surface area (Å²) in [6, 6.07) is 0. The average Bonchev–Trinajstić information content (AvgIpc) is 3.30. The Bertz CT molecular complexity index is 1070. The Balaban J connectivity index is 2.81. The maximum absolute atomic E-state index is 14.0. The maximum Gasteiger partial charge on any atom is 0.306 e. The van der Waals surface area contributed by atoms with Gasteiger partial charge in [0, 0.05) is 52.2 Å². The Hall–Kier alpha value is -1.71. The van der Waals surface area contributed by atoms with E-state index in [1.807, 2.05) is 9.80 Å². The van der Waals surface area contributed by atoms with Gasteiger partial charge in [0.1, 0.15) is 0 Å². The van der Waals surface area contributed by atoms with Gasteiger partial charge in [-0.3, -0.25) is 24.2 Å². The van der Waals surface area contributed by atoms with Gasteiger partial charge in [-0.05, 0) is 64.2 Å². The Morgan fingerprint density at radius 2 is 0.708 bits per heavy atom. The Kier molecular flexibility index (Phi) is 42.2. The van der Waals surface area contributed by atoms with Crippen molar-refractivity contribution in [2.75, 3.05) is 91.7 Å². The summed E-state index contributed by atoms with van der Waals surface area (Å²) in [6.07, 6.45) is 39.8. The van der Waals surface area contributed by atoms with Crippen LogP contribution in [0.1, 0.15) is 247 Å². The molecule has 1 fully saturated rings. The number of rotatable bonds is 47. The number of unbranched alkanes of at least 4 members (excludes halogenated alkanes) is 24. The molecule has 9 heteroatoms. The molecule has 0 spiro atoms. The van der Waals surface area contributed by atoms with Crippen LogP contribution in [0.2, 0.25) is 0 Å². The highest BCUT2D eigenvalue weighted by atomic mass is 16.5. The summed E-state index contributed by atoms with van der Waals surface area (Å²) >= 11 is 0. The molecule has 65 heavy (non-hydrogen) atoms. The number of ether oxygens (including phenoxy) is 1. The number of nitrogens with zero attached hydrogens (tertiary/aromatic N) is 5. The highest BCUT2D eigenvalue weighted by Crippen LogP contribution is 2.15. The van der Waals surface area contributed by atoms with Gasteiger partial charge in [0.05, 0.1) is 19.7 Å². The summed E-state index contributed by atoms with van der Waals surface area (Å²) in [6.45, 7) is 24.1. The van der Waals surface area contributed by atoms with Gasteiger partial charge in [-0.15, -0.1) is 0 Å². The van der Waals surface area contributed by atoms with E-state index >= 15 is 0 Å². The van der Waals surface area contributed by atoms with Crippen LogP contribution in [-0.4, -0.2) is 134 Å². The number of carbonyl (C=O) groups excluding carboxylic acids is 3. The lowest BCUT2D eigenvalue weighted by Gasteiger charge is -2.37. The molecular formula is C56H111N5O4. The molecule has 0 aromatic rings. The Labute approximate surface area is 404 Å². The molecule has 1 rings (SSSR count). The van der Waals surface area contributed by atoms with Crippen molar-refractivity contribution < 1.29 is 19.1 Å².